The van der Waals surface area contributed by atoms with E-state index in [1.165, 1.54) is 5.56 Å². The molecule has 0 radical (unpaired) electrons. The Morgan fingerprint density at radius 3 is 2.38 bits per heavy atom. The Labute approximate surface area is 119 Å². The van der Waals surface area contributed by atoms with Crippen LogP contribution in [0.15, 0.2) is 29.3 Å². The Balaban J connectivity index is 0.00000225. The smallest absolute Gasteiger partial charge is 0.193 e. The van der Waals surface area contributed by atoms with Gasteiger partial charge in [-0.15, -0.1) is 24.0 Å². The molecule has 3 nitrogen and oxygen atoms in total. The molecule has 0 aliphatic heterocycles. The summed E-state index contributed by atoms with van der Waals surface area (Å²) < 4.78 is 0. The lowest BCUT2D eigenvalue weighted by Gasteiger charge is -2.20. The summed E-state index contributed by atoms with van der Waals surface area (Å²) in [6.07, 6.45) is 0. The molecule has 1 N–H and O–H groups in total. The van der Waals surface area contributed by atoms with Crippen molar-refractivity contribution < 1.29 is 0 Å². The Hall–Kier alpha value is -0.490. The highest BCUT2D eigenvalue weighted by Crippen LogP contribution is 2.10. The van der Waals surface area contributed by atoms with Crippen LogP contribution >= 0.6 is 35.6 Å². The summed E-state index contributed by atoms with van der Waals surface area (Å²) in [7, 11) is 5.62. The summed E-state index contributed by atoms with van der Waals surface area (Å²) in [4.78, 5) is 6.17. The molecule has 1 aromatic carbocycles. The summed E-state index contributed by atoms with van der Waals surface area (Å²) in [6.45, 7) is 0.810. The predicted octanol–water partition coefficient (Wildman–Crippen LogP) is 2.60. The van der Waals surface area contributed by atoms with E-state index in [1.54, 1.807) is 7.05 Å². The fourth-order valence-electron chi connectivity index (χ4n) is 1.41. The van der Waals surface area contributed by atoms with Gasteiger partial charge in [0.25, 0.3) is 0 Å². The van der Waals surface area contributed by atoms with Crippen molar-refractivity contribution in [2.75, 3.05) is 21.1 Å². The van der Waals surface area contributed by atoms with Crippen LogP contribution in [-0.2, 0) is 6.54 Å². The molecule has 1 rings (SSSR count). The Bertz CT molecular complexity index is 338. The average Bonchev–Trinajstić information content (AvgIpc) is 2.23. The van der Waals surface area contributed by atoms with E-state index >= 15 is 0 Å². The fraction of sp³-hybridized carbons (Fsp3) is 0.364. The van der Waals surface area contributed by atoms with Crippen LogP contribution in [0.2, 0.25) is 5.02 Å². The molecule has 0 aliphatic rings. The number of hydrogen-bond donors (Lipinski definition) is 1. The van der Waals surface area contributed by atoms with Crippen LogP contribution in [0.25, 0.3) is 0 Å². The Kier molecular flexibility index (Phi) is 7.49. The molecular formula is C11H17ClIN3. The SMILES string of the molecule is CN=C(NC)N(C)Cc1ccc(Cl)cc1.I. The number of aliphatic imine (C=N–C) groups is 1. The van der Waals surface area contributed by atoms with Crippen LogP contribution in [-0.4, -0.2) is 32.0 Å². The van der Waals surface area contributed by atoms with Gasteiger partial charge in [-0.1, -0.05) is 23.7 Å². The molecule has 90 valence electrons. The van der Waals surface area contributed by atoms with Gasteiger partial charge in [-0.3, -0.25) is 4.99 Å². The minimum Gasteiger partial charge on any atom is -0.359 e. The van der Waals surface area contributed by atoms with E-state index in [0.29, 0.717) is 0 Å². The van der Waals surface area contributed by atoms with Crippen molar-refractivity contribution in [1.82, 2.24) is 10.2 Å². The zero-order chi connectivity index (χ0) is 11.3. The van der Waals surface area contributed by atoms with Crippen molar-refractivity contribution in [2.45, 2.75) is 6.54 Å². The molecule has 1 aromatic rings. The van der Waals surface area contributed by atoms with Gasteiger partial charge in [0.1, 0.15) is 0 Å². The maximum absolute atomic E-state index is 5.82. The van der Waals surface area contributed by atoms with Gasteiger partial charge in [-0.2, -0.15) is 0 Å². The fourth-order valence-corrected chi connectivity index (χ4v) is 1.54. The van der Waals surface area contributed by atoms with E-state index in [9.17, 15) is 0 Å². The zero-order valence-corrected chi connectivity index (χ0v) is 12.8. The summed E-state index contributed by atoms with van der Waals surface area (Å²) in [6, 6.07) is 7.82. The van der Waals surface area contributed by atoms with Crippen molar-refractivity contribution in [2.24, 2.45) is 4.99 Å². The van der Waals surface area contributed by atoms with Gasteiger partial charge >= 0.3 is 0 Å². The second kappa shape index (κ2) is 7.73. The van der Waals surface area contributed by atoms with Gasteiger partial charge in [0, 0.05) is 32.7 Å². The van der Waals surface area contributed by atoms with Crippen LogP contribution in [0.3, 0.4) is 0 Å². The third-order valence-electron chi connectivity index (χ3n) is 2.13. The largest absolute Gasteiger partial charge is 0.359 e. The highest BCUT2D eigenvalue weighted by atomic mass is 127. The molecule has 0 unspecified atom stereocenters. The second-order valence-corrected chi connectivity index (χ2v) is 3.72. The van der Waals surface area contributed by atoms with Crippen molar-refractivity contribution in [3.05, 3.63) is 34.9 Å². The molecule has 0 fully saturated rings. The van der Waals surface area contributed by atoms with Crippen molar-refractivity contribution in [1.29, 1.82) is 0 Å². The molecule has 0 aromatic heterocycles. The quantitative estimate of drug-likeness (QED) is 0.503. The molecule has 0 amide bonds. The summed E-state index contributed by atoms with van der Waals surface area (Å²) >= 11 is 5.82. The number of nitrogens with zero attached hydrogens (tertiary/aromatic N) is 2. The molecule has 16 heavy (non-hydrogen) atoms. The highest BCUT2D eigenvalue weighted by Gasteiger charge is 2.03. The van der Waals surface area contributed by atoms with Crippen molar-refractivity contribution in [3.63, 3.8) is 0 Å². The number of hydrogen-bond acceptors (Lipinski definition) is 1. The number of guanidine groups is 1. The van der Waals surface area contributed by atoms with Crippen LogP contribution in [0.5, 0.6) is 0 Å². The molecule has 0 bridgehead atoms. The lowest BCUT2D eigenvalue weighted by Crippen LogP contribution is -2.36. The topological polar surface area (TPSA) is 27.6 Å². The standard InChI is InChI=1S/C11H16ClN3.HI/c1-13-11(14-2)15(3)8-9-4-6-10(12)7-5-9;/h4-7H,8H2,1-3H3,(H,13,14);1H. The first kappa shape index (κ1) is 15.5. The van der Waals surface area contributed by atoms with E-state index in [0.717, 1.165) is 17.5 Å². The molecule has 0 saturated carbocycles. The van der Waals surface area contributed by atoms with E-state index in [-0.39, 0.29) is 24.0 Å². The predicted molar refractivity (Wildman–Crippen MR) is 80.8 cm³/mol. The Morgan fingerprint density at radius 2 is 1.94 bits per heavy atom. The first-order valence-electron chi connectivity index (χ1n) is 4.77. The maximum Gasteiger partial charge on any atom is 0.193 e. The molecule has 0 heterocycles. The first-order valence-corrected chi connectivity index (χ1v) is 5.15. The summed E-state index contributed by atoms with van der Waals surface area (Å²) in [5.74, 6) is 0.866. The molecular weight excluding hydrogens is 336 g/mol. The van der Waals surface area contributed by atoms with E-state index in [2.05, 4.69) is 10.3 Å². The second-order valence-electron chi connectivity index (χ2n) is 3.28. The number of rotatable bonds is 2. The van der Waals surface area contributed by atoms with E-state index in [1.807, 2.05) is 43.3 Å². The first-order chi connectivity index (χ1) is 7.17. The van der Waals surface area contributed by atoms with Gasteiger partial charge in [0.05, 0.1) is 0 Å². The lowest BCUT2D eigenvalue weighted by molar-refractivity contribution is 0.483. The minimum absolute atomic E-state index is 0. The molecule has 0 aliphatic carbocycles. The summed E-state index contributed by atoms with van der Waals surface area (Å²) in [5, 5.41) is 3.80. The Morgan fingerprint density at radius 1 is 1.38 bits per heavy atom. The third kappa shape index (κ3) is 4.57. The summed E-state index contributed by atoms with van der Waals surface area (Å²) in [5.41, 5.74) is 1.21. The molecule has 5 heteroatoms. The van der Waals surface area contributed by atoms with Crippen molar-refractivity contribution >= 4 is 41.5 Å². The monoisotopic (exact) mass is 353 g/mol. The number of benzene rings is 1. The molecule has 0 saturated heterocycles. The van der Waals surface area contributed by atoms with Gasteiger partial charge in [-0.25, -0.2) is 0 Å². The maximum atomic E-state index is 5.82. The van der Waals surface area contributed by atoms with E-state index < -0.39 is 0 Å². The molecule has 0 spiro atoms. The third-order valence-corrected chi connectivity index (χ3v) is 2.38. The van der Waals surface area contributed by atoms with E-state index in [4.69, 9.17) is 11.6 Å². The van der Waals surface area contributed by atoms with Crippen LogP contribution in [0.1, 0.15) is 5.56 Å². The van der Waals surface area contributed by atoms with Gasteiger partial charge < -0.3 is 10.2 Å². The zero-order valence-electron chi connectivity index (χ0n) is 9.70. The van der Waals surface area contributed by atoms with Crippen LogP contribution < -0.4 is 5.32 Å². The average molecular weight is 354 g/mol. The van der Waals surface area contributed by atoms with Crippen molar-refractivity contribution in [3.8, 4) is 0 Å². The van der Waals surface area contributed by atoms with Crippen LogP contribution in [0, 0.1) is 0 Å². The van der Waals surface area contributed by atoms with Gasteiger partial charge in [-0.05, 0) is 17.7 Å². The normalized spacial score (nSPS) is 10.6. The lowest BCUT2D eigenvalue weighted by atomic mass is 10.2. The number of halogens is 2. The minimum atomic E-state index is 0. The van der Waals surface area contributed by atoms with Gasteiger partial charge in [0.15, 0.2) is 5.96 Å². The molecule has 0 atom stereocenters. The van der Waals surface area contributed by atoms with Crippen LogP contribution in [0.4, 0.5) is 0 Å². The highest BCUT2D eigenvalue weighted by molar-refractivity contribution is 14.0. The number of nitrogens with one attached hydrogen (secondary N) is 1. The van der Waals surface area contributed by atoms with Gasteiger partial charge in [0.2, 0.25) is 0 Å².